The Kier molecular flexibility index (Phi) is 2.79. The molecule has 2 heterocycles. The lowest BCUT2D eigenvalue weighted by Gasteiger charge is -2.18. The van der Waals surface area contributed by atoms with Gasteiger partial charge in [0.05, 0.1) is 0 Å². The lowest BCUT2D eigenvalue weighted by atomic mass is 10.0. The van der Waals surface area contributed by atoms with Crippen LogP contribution in [0.4, 0.5) is 0 Å². The highest BCUT2D eigenvalue weighted by Gasteiger charge is 2.32. The molecule has 20 heavy (non-hydrogen) atoms. The molecule has 5 nitrogen and oxygen atoms in total. The first kappa shape index (κ1) is 12.4. The molecule has 0 bridgehead atoms. The molecule has 100 valence electrons. The number of fused-ring (bicyclic) bond motifs is 1. The van der Waals surface area contributed by atoms with Crippen LogP contribution in [0.5, 0.6) is 17.4 Å². The van der Waals surface area contributed by atoms with Crippen molar-refractivity contribution in [3.63, 3.8) is 0 Å². The average molecular weight is 267 g/mol. The minimum atomic E-state index is -0.248. The smallest absolute Gasteiger partial charge is 0.256 e. The van der Waals surface area contributed by atoms with Gasteiger partial charge in [-0.1, -0.05) is 12.1 Å². The Morgan fingerprint density at radius 1 is 1.30 bits per heavy atom. The SMILES string of the molecule is CC1(C)Cc2cccc(Oc3nccnc3C#N)c2O1. The van der Waals surface area contributed by atoms with Gasteiger partial charge < -0.3 is 9.47 Å². The number of ether oxygens (including phenoxy) is 2. The Labute approximate surface area is 116 Å². The number of para-hydroxylation sites is 1. The fourth-order valence-electron chi connectivity index (χ4n) is 2.25. The van der Waals surface area contributed by atoms with Crippen LogP contribution < -0.4 is 9.47 Å². The second-order valence-electron chi connectivity index (χ2n) is 5.21. The van der Waals surface area contributed by atoms with Crippen molar-refractivity contribution in [3.05, 3.63) is 41.9 Å². The molecular weight excluding hydrogens is 254 g/mol. The summed E-state index contributed by atoms with van der Waals surface area (Å²) >= 11 is 0. The van der Waals surface area contributed by atoms with Crippen LogP contribution in [0.1, 0.15) is 25.1 Å². The summed E-state index contributed by atoms with van der Waals surface area (Å²) in [4.78, 5) is 7.97. The van der Waals surface area contributed by atoms with Crippen LogP contribution in [0.2, 0.25) is 0 Å². The molecule has 0 atom stereocenters. The molecule has 1 aliphatic rings. The van der Waals surface area contributed by atoms with E-state index in [0.29, 0.717) is 11.5 Å². The quantitative estimate of drug-likeness (QED) is 0.836. The topological polar surface area (TPSA) is 68.0 Å². The fraction of sp³-hybridized carbons (Fsp3) is 0.267. The molecular formula is C15H13N3O2. The highest BCUT2D eigenvalue weighted by Crippen LogP contribution is 2.43. The zero-order chi connectivity index (χ0) is 14.2. The third kappa shape index (κ3) is 2.16. The molecule has 2 aromatic rings. The van der Waals surface area contributed by atoms with Crippen molar-refractivity contribution >= 4 is 0 Å². The first-order valence-electron chi connectivity index (χ1n) is 6.29. The highest BCUT2D eigenvalue weighted by molar-refractivity contribution is 5.51. The molecule has 0 unspecified atom stereocenters. The van der Waals surface area contributed by atoms with Crippen molar-refractivity contribution in [1.82, 2.24) is 9.97 Å². The van der Waals surface area contributed by atoms with Gasteiger partial charge in [0.25, 0.3) is 5.88 Å². The summed E-state index contributed by atoms with van der Waals surface area (Å²) in [6, 6.07) is 7.68. The van der Waals surface area contributed by atoms with Crippen LogP contribution in [0.3, 0.4) is 0 Å². The molecule has 0 spiro atoms. The first-order valence-corrected chi connectivity index (χ1v) is 6.29. The van der Waals surface area contributed by atoms with E-state index in [-0.39, 0.29) is 17.2 Å². The molecule has 5 heteroatoms. The summed E-state index contributed by atoms with van der Waals surface area (Å²) in [5.41, 5.74) is 1.000. The third-order valence-corrected chi connectivity index (χ3v) is 3.03. The lowest BCUT2D eigenvalue weighted by molar-refractivity contribution is 0.135. The zero-order valence-corrected chi connectivity index (χ0v) is 11.3. The maximum absolute atomic E-state index is 9.01. The number of aromatic nitrogens is 2. The van der Waals surface area contributed by atoms with E-state index >= 15 is 0 Å². The average Bonchev–Trinajstić information content (AvgIpc) is 2.74. The van der Waals surface area contributed by atoms with E-state index in [9.17, 15) is 0 Å². The molecule has 1 aromatic heterocycles. The minimum absolute atomic E-state index is 0.155. The lowest BCUT2D eigenvalue weighted by Crippen LogP contribution is -2.24. The van der Waals surface area contributed by atoms with Crippen LogP contribution in [-0.4, -0.2) is 15.6 Å². The van der Waals surface area contributed by atoms with Gasteiger partial charge in [-0.25, -0.2) is 9.97 Å². The van der Waals surface area contributed by atoms with Crippen molar-refractivity contribution in [2.45, 2.75) is 25.9 Å². The van der Waals surface area contributed by atoms with Crippen molar-refractivity contribution in [1.29, 1.82) is 5.26 Å². The molecule has 0 saturated heterocycles. The minimum Gasteiger partial charge on any atom is -0.483 e. The number of hydrogen-bond donors (Lipinski definition) is 0. The Morgan fingerprint density at radius 3 is 2.90 bits per heavy atom. The van der Waals surface area contributed by atoms with Gasteiger partial charge in [0.1, 0.15) is 11.7 Å². The molecule has 1 aliphatic heterocycles. The van der Waals surface area contributed by atoms with E-state index in [0.717, 1.165) is 12.0 Å². The molecule has 1 aromatic carbocycles. The molecule has 0 radical (unpaired) electrons. The van der Waals surface area contributed by atoms with Crippen molar-refractivity contribution in [3.8, 4) is 23.4 Å². The van der Waals surface area contributed by atoms with E-state index in [1.165, 1.54) is 12.4 Å². The summed E-state index contributed by atoms with van der Waals surface area (Å²) in [6.45, 7) is 4.06. The van der Waals surface area contributed by atoms with Crippen molar-refractivity contribution in [2.24, 2.45) is 0 Å². The maximum Gasteiger partial charge on any atom is 0.256 e. The van der Waals surface area contributed by atoms with Gasteiger partial charge >= 0.3 is 0 Å². The fourth-order valence-corrected chi connectivity index (χ4v) is 2.25. The molecule has 0 fully saturated rings. The maximum atomic E-state index is 9.01. The summed E-state index contributed by atoms with van der Waals surface area (Å²) in [5, 5.41) is 9.01. The normalized spacial score (nSPS) is 15.1. The number of nitriles is 1. The van der Waals surface area contributed by atoms with Crippen LogP contribution >= 0.6 is 0 Å². The van der Waals surface area contributed by atoms with Crippen molar-refractivity contribution < 1.29 is 9.47 Å². The van der Waals surface area contributed by atoms with Gasteiger partial charge in [-0.15, -0.1) is 0 Å². The summed E-state index contributed by atoms with van der Waals surface area (Å²) in [6.07, 6.45) is 3.77. The van der Waals surface area contributed by atoms with Gasteiger partial charge in [0.15, 0.2) is 11.5 Å². The largest absolute Gasteiger partial charge is 0.483 e. The van der Waals surface area contributed by atoms with Crippen molar-refractivity contribution in [2.75, 3.05) is 0 Å². The number of nitrogens with zero attached hydrogens (tertiary/aromatic N) is 3. The van der Waals surface area contributed by atoms with E-state index < -0.39 is 0 Å². The van der Waals surface area contributed by atoms with Gasteiger partial charge in [-0.05, 0) is 19.9 Å². The number of hydrogen-bond acceptors (Lipinski definition) is 5. The van der Waals surface area contributed by atoms with E-state index in [1.807, 2.05) is 32.0 Å². The van der Waals surface area contributed by atoms with Gasteiger partial charge in [-0.3, -0.25) is 0 Å². The van der Waals surface area contributed by atoms with E-state index in [1.54, 1.807) is 6.07 Å². The van der Waals surface area contributed by atoms with Gasteiger partial charge in [0.2, 0.25) is 5.69 Å². The Bertz CT molecular complexity index is 705. The standard InChI is InChI=1S/C15H13N3O2/c1-15(2)8-10-4-3-5-12(13(10)20-15)19-14-11(9-16)17-6-7-18-14/h3-7H,8H2,1-2H3. The first-order chi connectivity index (χ1) is 9.59. The predicted octanol–water partition coefficient (Wildman–Crippen LogP) is 2.85. The number of benzene rings is 1. The second kappa shape index (κ2) is 4.49. The third-order valence-electron chi connectivity index (χ3n) is 3.03. The Morgan fingerprint density at radius 2 is 2.10 bits per heavy atom. The summed E-state index contributed by atoms with van der Waals surface area (Å²) in [5.74, 6) is 1.47. The van der Waals surface area contributed by atoms with E-state index in [4.69, 9.17) is 14.7 Å². The molecule has 0 saturated carbocycles. The summed E-state index contributed by atoms with van der Waals surface area (Å²) < 4.78 is 11.6. The predicted molar refractivity (Wildman–Crippen MR) is 71.7 cm³/mol. The van der Waals surface area contributed by atoms with Crippen LogP contribution in [-0.2, 0) is 6.42 Å². The van der Waals surface area contributed by atoms with E-state index in [2.05, 4.69) is 9.97 Å². The van der Waals surface area contributed by atoms with Gasteiger partial charge in [0, 0.05) is 24.4 Å². The second-order valence-corrected chi connectivity index (χ2v) is 5.21. The summed E-state index contributed by atoms with van der Waals surface area (Å²) in [7, 11) is 0. The monoisotopic (exact) mass is 267 g/mol. The van der Waals surface area contributed by atoms with Crippen LogP contribution in [0.25, 0.3) is 0 Å². The number of rotatable bonds is 2. The Hall–Kier alpha value is -2.61. The molecule has 3 rings (SSSR count). The van der Waals surface area contributed by atoms with Crippen LogP contribution in [0, 0.1) is 11.3 Å². The molecule has 0 N–H and O–H groups in total. The zero-order valence-electron chi connectivity index (χ0n) is 11.3. The molecule has 0 amide bonds. The van der Waals surface area contributed by atoms with Gasteiger partial charge in [-0.2, -0.15) is 5.26 Å². The van der Waals surface area contributed by atoms with Crippen LogP contribution in [0.15, 0.2) is 30.6 Å². The highest BCUT2D eigenvalue weighted by atomic mass is 16.5. The molecule has 0 aliphatic carbocycles. The Balaban J connectivity index is 1.98.